The Kier molecular flexibility index (Phi) is 5.94. The summed E-state index contributed by atoms with van der Waals surface area (Å²) in [4.78, 5) is 24.5. The van der Waals surface area contributed by atoms with E-state index in [1.807, 2.05) is 12.1 Å². The van der Waals surface area contributed by atoms with Crippen molar-refractivity contribution in [2.45, 2.75) is 13.1 Å². The number of carbonyl (C=O) groups is 2. The Hall–Kier alpha value is -3.84. The molecule has 2 aliphatic heterocycles. The van der Waals surface area contributed by atoms with Crippen LogP contribution in [-0.4, -0.2) is 49.8 Å². The van der Waals surface area contributed by atoms with Crippen molar-refractivity contribution in [3.8, 4) is 22.6 Å². The molecule has 2 heterocycles. The van der Waals surface area contributed by atoms with Crippen LogP contribution in [0.3, 0.4) is 0 Å². The first-order valence-electron chi connectivity index (χ1n) is 11.4. The van der Waals surface area contributed by atoms with Crippen LogP contribution < -0.4 is 20.1 Å². The highest BCUT2D eigenvalue weighted by Crippen LogP contribution is 2.32. The monoisotopic (exact) mass is 458 g/mol. The number of ether oxygens (including phenoxy) is 2. The van der Waals surface area contributed by atoms with Gasteiger partial charge in [0, 0.05) is 17.7 Å². The lowest BCUT2D eigenvalue weighted by molar-refractivity contribution is -0.916. The molecular formula is C27H28N3O4+. The number of fused-ring (bicyclic) bond motifs is 1. The number of carbonyl (C=O) groups excluding carboxylic acids is 2. The summed E-state index contributed by atoms with van der Waals surface area (Å²) in [6, 6.07) is 21.9. The van der Waals surface area contributed by atoms with Gasteiger partial charge in [0.2, 0.25) is 6.79 Å². The average Bonchev–Trinajstić information content (AvgIpc) is 3.30. The van der Waals surface area contributed by atoms with E-state index in [0.29, 0.717) is 34.6 Å². The van der Waals surface area contributed by atoms with Gasteiger partial charge >= 0.3 is 0 Å². The quantitative estimate of drug-likeness (QED) is 0.557. The van der Waals surface area contributed by atoms with Crippen LogP contribution in [0.4, 0.5) is 0 Å². The number of quaternary nitrogens is 1. The van der Waals surface area contributed by atoms with Gasteiger partial charge < -0.3 is 24.6 Å². The SMILES string of the molecule is C[N+]1(Cc2cccc(-c3cccc(CNC(=O)c4ccc5c(c4)OCO5)c3)c2)CCNC(=O)C1. The lowest BCUT2D eigenvalue weighted by Crippen LogP contribution is -2.57. The van der Waals surface area contributed by atoms with Gasteiger partial charge in [-0.25, -0.2) is 0 Å². The van der Waals surface area contributed by atoms with Gasteiger partial charge in [0.15, 0.2) is 18.0 Å². The first-order valence-corrected chi connectivity index (χ1v) is 11.4. The molecule has 1 fully saturated rings. The zero-order valence-electron chi connectivity index (χ0n) is 19.2. The van der Waals surface area contributed by atoms with Gasteiger partial charge in [0.1, 0.15) is 6.54 Å². The average molecular weight is 459 g/mol. The molecule has 174 valence electrons. The molecule has 2 aliphatic rings. The van der Waals surface area contributed by atoms with Gasteiger partial charge in [0.25, 0.3) is 11.8 Å². The molecule has 3 aromatic rings. The third-order valence-electron chi connectivity index (χ3n) is 6.34. The molecule has 2 amide bonds. The number of hydrogen-bond acceptors (Lipinski definition) is 4. The van der Waals surface area contributed by atoms with Gasteiger partial charge in [-0.3, -0.25) is 9.59 Å². The molecule has 7 heteroatoms. The minimum atomic E-state index is -0.159. The van der Waals surface area contributed by atoms with E-state index in [1.54, 1.807) is 18.2 Å². The molecular weight excluding hydrogens is 430 g/mol. The molecule has 1 saturated heterocycles. The molecule has 0 bridgehead atoms. The zero-order chi connectivity index (χ0) is 23.5. The summed E-state index contributed by atoms with van der Waals surface area (Å²) in [5, 5.41) is 5.90. The summed E-state index contributed by atoms with van der Waals surface area (Å²) in [5.74, 6) is 1.20. The van der Waals surface area contributed by atoms with E-state index in [4.69, 9.17) is 9.47 Å². The smallest absolute Gasteiger partial charge is 0.275 e. The lowest BCUT2D eigenvalue weighted by atomic mass is 10.0. The topological polar surface area (TPSA) is 76.7 Å². The van der Waals surface area contributed by atoms with E-state index in [0.717, 1.165) is 36.3 Å². The first kappa shape index (κ1) is 22.0. The molecule has 2 N–H and O–H groups in total. The van der Waals surface area contributed by atoms with Crippen molar-refractivity contribution >= 4 is 11.8 Å². The van der Waals surface area contributed by atoms with Crippen molar-refractivity contribution in [1.82, 2.24) is 10.6 Å². The van der Waals surface area contributed by atoms with Gasteiger partial charge in [-0.05, 0) is 47.0 Å². The minimum absolute atomic E-state index is 0.111. The molecule has 5 rings (SSSR count). The summed E-state index contributed by atoms with van der Waals surface area (Å²) in [6.07, 6.45) is 0. The maximum absolute atomic E-state index is 12.6. The van der Waals surface area contributed by atoms with E-state index in [2.05, 4.69) is 54.1 Å². The van der Waals surface area contributed by atoms with Crippen LogP contribution in [0, 0.1) is 0 Å². The number of rotatable bonds is 6. The number of amides is 2. The molecule has 3 aromatic carbocycles. The first-order chi connectivity index (χ1) is 16.5. The molecule has 34 heavy (non-hydrogen) atoms. The molecule has 0 spiro atoms. The number of benzene rings is 3. The summed E-state index contributed by atoms with van der Waals surface area (Å²) in [5.41, 5.74) is 4.97. The zero-order valence-corrected chi connectivity index (χ0v) is 19.2. The van der Waals surface area contributed by atoms with Crippen LogP contribution in [0.15, 0.2) is 66.7 Å². The Morgan fingerprint density at radius 2 is 1.71 bits per heavy atom. The van der Waals surface area contributed by atoms with Crippen molar-refractivity contribution in [2.75, 3.05) is 33.5 Å². The second-order valence-corrected chi connectivity index (χ2v) is 9.16. The number of hydrogen-bond donors (Lipinski definition) is 2. The maximum Gasteiger partial charge on any atom is 0.275 e. The Morgan fingerprint density at radius 3 is 2.50 bits per heavy atom. The van der Waals surface area contributed by atoms with Gasteiger partial charge in [0.05, 0.1) is 20.1 Å². The highest BCUT2D eigenvalue weighted by atomic mass is 16.7. The Balaban J connectivity index is 1.26. The fourth-order valence-corrected chi connectivity index (χ4v) is 4.55. The van der Waals surface area contributed by atoms with Crippen LogP contribution in [0.2, 0.25) is 0 Å². The lowest BCUT2D eigenvalue weighted by Gasteiger charge is -2.37. The Bertz CT molecular complexity index is 1240. The molecule has 1 atom stereocenters. The Morgan fingerprint density at radius 1 is 0.971 bits per heavy atom. The summed E-state index contributed by atoms with van der Waals surface area (Å²) < 4.78 is 11.4. The maximum atomic E-state index is 12.6. The van der Waals surface area contributed by atoms with Gasteiger partial charge in [-0.1, -0.05) is 36.4 Å². The molecule has 0 aliphatic carbocycles. The molecule has 1 unspecified atom stereocenters. The van der Waals surface area contributed by atoms with Gasteiger partial charge in [-0.2, -0.15) is 0 Å². The normalized spacial score (nSPS) is 18.9. The van der Waals surface area contributed by atoms with Crippen molar-refractivity contribution in [2.24, 2.45) is 0 Å². The molecule has 0 saturated carbocycles. The molecule has 0 aromatic heterocycles. The number of piperazine rings is 1. The van der Waals surface area contributed by atoms with E-state index in [1.165, 1.54) is 5.56 Å². The van der Waals surface area contributed by atoms with Gasteiger partial charge in [-0.15, -0.1) is 0 Å². The van der Waals surface area contributed by atoms with E-state index >= 15 is 0 Å². The van der Waals surface area contributed by atoms with Crippen molar-refractivity contribution in [3.63, 3.8) is 0 Å². The fraction of sp³-hybridized carbons (Fsp3) is 0.259. The number of nitrogens with one attached hydrogen (secondary N) is 2. The van der Waals surface area contributed by atoms with E-state index < -0.39 is 0 Å². The van der Waals surface area contributed by atoms with Crippen molar-refractivity contribution in [3.05, 3.63) is 83.4 Å². The van der Waals surface area contributed by atoms with Crippen LogP contribution in [-0.2, 0) is 17.9 Å². The number of likely N-dealkylation sites (N-methyl/N-ethyl adjacent to an activating group) is 1. The highest BCUT2D eigenvalue weighted by molar-refractivity contribution is 5.94. The third kappa shape index (κ3) is 4.89. The van der Waals surface area contributed by atoms with Crippen molar-refractivity contribution in [1.29, 1.82) is 0 Å². The van der Waals surface area contributed by atoms with Crippen LogP contribution in [0.1, 0.15) is 21.5 Å². The minimum Gasteiger partial charge on any atom is -0.454 e. The van der Waals surface area contributed by atoms with E-state index in [9.17, 15) is 9.59 Å². The second-order valence-electron chi connectivity index (χ2n) is 9.16. The standard InChI is InChI=1S/C27H27N3O4/c1-30(11-10-28-26(31)17-30)16-20-5-3-7-22(13-20)21-6-2-4-19(12-21)15-29-27(32)23-8-9-24-25(14-23)34-18-33-24/h2-9,12-14H,10-11,15-18H2,1H3,(H-,28,29,31,32)/p+1. The summed E-state index contributed by atoms with van der Waals surface area (Å²) in [6.45, 7) is 3.56. The predicted molar refractivity (Wildman–Crippen MR) is 128 cm³/mol. The van der Waals surface area contributed by atoms with Crippen molar-refractivity contribution < 1.29 is 23.5 Å². The number of nitrogens with zero attached hydrogens (tertiary/aromatic N) is 1. The highest BCUT2D eigenvalue weighted by Gasteiger charge is 2.29. The van der Waals surface area contributed by atoms with Crippen LogP contribution >= 0.6 is 0 Å². The van der Waals surface area contributed by atoms with Crippen LogP contribution in [0.5, 0.6) is 11.5 Å². The summed E-state index contributed by atoms with van der Waals surface area (Å²) >= 11 is 0. The predicted octanol–water partition coefficient (Wildman–Crippen LogP) is 3.09. The third-order valence-corrected chi connectivity index (χ3v) is 6.34. The second kappa shape index (κ2) is 9.19. The van der Waals surface area contributed by atoms with E-state index in [-0.39, 0.29) is 18.6 Å². The Labute approximate surface area is 198 Å². The molecule has 7 nitrogen and oxygen atoms in total. The molecule has 0 radical (unpaired) electrons. The fourth-order valence-electron chi connectivity index (χ4n) is 4.55. The summed E-state index contributed by atoms with van der Waals surface area (Å²) in [7, 11) is 2.13. The largest absolute Gasteiger partial charge is 0.454 e. The van der Waals surface area contributed by atoms with Crippen LogP contribution in [0.25, 0.3) is 11.1 Å².